The van der Waals surface area contributed by atoms with Gasteiger partial charge in [-0.3, -0.25) is 14.5 Å². The van der Waals surface area contributed by atoms with Gasteiger partial charge in [-0.15, -0.1) is 11.3 Å². The molecule has 1 amide bonds. The van der Waals surface area contributed by atoms with E-state index in [1.165, 1.54) is 0 Å². The minimum absolute atomic E-state index is 0.0757. The SMILES string of the molecule is CC(C)(C)C(=O)Nc1ncccc1CN1CCc2nc(-c3cccs3)[nH]c(=O)c2C1. The van der Waals surface area contributed by atoms with Gasteiger partial charge in [-0.1, -0.05) is 32.9 Å². The second-order valence-electron chi connectivity index (χ2n) is 8.49. The van der Waals surface area contributed by atoms with Crippen LogP contribution in [0.25, 0.3) is 10.7 Å². The molecule has 2 N–H and O–H groups in total. The third kappa shape index (κ3) is 4.34. The highest BCUT2D eigenvalue weighted by Crippen LogP contribution is 2.24. The summed E-state index contributed by atoms with van der Waals surface area (Å²) in [5.41, 5.74) is 1.92. The van der Waals surface area contributed by atoms with Crippen molar-refractivity contribution in [3.8, 4) is 10.7 Å². The number of fused-ring (bicyclic) bond motifs is 1. The number of aromatic amines is 1. The van der Waals surface area contributed by atoms with Crippen LogP contribution in [0.3, 0.4) is 0 Å². The molecular formula is C22H25N5O2S. The predicted octanol–water partition coefficient (Wildman–Crippen LogP) is 3.44. The van der Waals surface area contributed by atoms with Crippen LogP contribution in [0.2, 0.25) is 0 Å². The second kappa shape index (κ2) is 8.12. The number of carbonyl (C=O) groups is 1. The number of aromatic nitrogens is 3. The van der Waals surface area contributed by atoms with Gasteiger partial charge in [0.1, 0.15) is 5.82 Å². The zero-order valence-electron chi connectivity index (χ0n) is 17.4. The summed E-state index contributed by atoms with van der Waals surface area (Å²) in [5.74, 6) is 1.14. The molecule has 4 rings (SSSR count). The smallest absolute Gasteiger partial charge is 0.255 e. The van der Waals surface area contributed by atoms with Crippen molar-refractivity contribution in [3.63, 3.8) is 0 Å². The van der Waals surface area contributed by atoms with E-state index in [1.807, 2.05) is 50.4 Å². The molecule has 8 heteroatoms. The van der Waals surface area contributed by atoms with Crippen LogP contribution in [0.5, 0.6) is 0 Å². The number of anilines is 1. The zero-order valence-corrected chi connectivity index (χ0v) is 18.2. The highest BCUT2D eigenvalue weighted by Gasteiger charge is 2.25. The second-order valence-corrected chi connectivity index (χ2v) is 9.44. The maximum atomic E-state index is 12.7. The molecule has 0 aromatic carbocycles. The number of pyridine rings is 1. The van der Waals surface area contributed by atoms with Gasteiger partial charge in [-0.05, 0) is 17.5 Å². The Morgan fingerprint density at radius 1 is 1.30 bits per heavy atom. The number of carbonyl (C=O) groups excluding carboxylic acids is 1. The lowest BCUT2D eigenvalue weighted by Gasteiger charge is -2.28. The summed E-state index contributed by atoms with van der Waals surface area (Å²) in [6.45, 7) is 7.51. The number of nitrogens with one attached hydrogen (secondary N) is 2. The van der Waals surface area contributed by atoms with Crippen molar-refractivity contribution >= 4 is 23.1 Å². The van der Waals surface area contributed by atoms with Crippen LogP contribution in [-0.2, 0) is 24.3 Å². The molecule has 0 fully saturated rings. The quantitative estimate of drug-likeness (QED) is 0.671. The number of nitrogens with zero attached hydrogens (tertiary/aromatic N) is 3. The van der Waals surface area contributed by atoms with E-state index in [1.54, 1.807) is 17.5 Å². The van der Waals surface area contributed by atoms with E-state index in [4.69, 9.17) is 4.98 Å². The molecule has 0 unspecified atom stereocenters. The zero-order chi connectivity index (χ0) is 21.3. The Balaban J connectivity index is 1.53. The molecule has 0 spiro atoms. The van der Waals surface area contributed by atoms with E-state index in [2.05, 4.69) is 20.2 Å². The Morgan fingerprint density at radius 3 is 2.87 bits per heavy atom. The van der Waals surface area contributed by atoms with Crippen LogP contribution in [-0.4, -0.2) is 32.3 Å². The lowest BCUT2D eigenvalue weighted by molar-refractivity contribution is -0.123. The van der Waals surface area contributed by atoms with Gasteiger partial charge >= 0.3 is 0 Å². The third-order valence-electron chi connectivity index (χ3n) is 5.10. The van der Waals surface area contributed by atoms with E-state index < -0.39 is 5.41 Å². The molecule has 0 radical (unpaired) electrons. The summed E-state index contributed by atoms with van der Waals surface area (Å²) in [7, 11) is 0. The van der Waals surface area contributed by atoms with Gasteiger partial charge in [0.15, 0.2) is 5.82 Å². The molecule has 1 aliphatic rings. The molecule has 3 aromatic heterocycles. The van der Waals surface area contributed by atoms with Gasteiger partial charge in [0.25, 0.3) is 5.56 Å². The van der Waals surface area contributed by atoms with E-state index in [-0.39, 0.29) is 11.5 Å². The molecule has 30 heavy (non-hydrogen) atoms. The van der Waals surface area contributed by atoms with Gasteiger partial charge < -0.3 is 10.3 Å². The Labute approximate surface area is 179 Å². The first-order chi connectivity index (χ1) is 14.3. The summed E-state index contributed by atoms with van der Waals surface area (Å²) >= 11 is 1.56. The van der Waals surface area contributed by atoms with Crippen LogP contribution in [0.15, 0.2) is 40.6 Å². The number of rotatable bonds is 4. The average Bonchev–Trinajstić information content (AvgIpc) is 3.24. The first-order valence-electron chi connectivity index (χ1n) is 9.95. The van der Waals surface area contributed by atoms with E-state index in [0.29, 0.717) is 36.7 Å². The first kappa shape index (κ1) is 20.4. The van der Waals surface area contributed by atoms with E-state index in [0.717, 1.165) is 22.7 Å². The number of hydrogen-bond donors (Lipinski definition) is 2. The molecule has 4 heterocycles. The lowest BCUT2D eigenvalue weighted by atomic mass is 9.95. The molecule has 1 aliphatic heterocycles. The van der Waals surface area contributed by atoms with Crippen LogP contribution in [0, 0.1) is 5.41 Å². The molecule has 7 nitrogen and oxygen atoms in total. The minimum atomic E-state index is -0.502. The van der Waals surface area contributed by atoms with Crippen molar-refractivity contribution in [1.82, 2.24) is 19.9 Å². The van der Waals surface area contributed by atoms with Gasteiger partial charge in [-0.2, -0.15) is 0 Å². The predicted molar refractivity (Wildman–Crippen MR) is 118 cm³/mol. The van der Waals surface area contributed by atoms with Crippen molar-refractivity contribution in [2.45, 2.75) is 40.3 Å². The number of thiophene rings is 1. The van der Waals surface area contributed by atoms with Gasteiger partial charge in [0.2, 0.25) is 5.91 Å². The van der Waals surface area contributed by atoms with Crippen molar-refractivity contribution < 1.29 is 4.79 Å². The fourth-order valence-corrected chi connectivity index (χ4v) is 4.03. The fraction of sp³-hybridized carbons (Fsp3) is 0.364. The normalized spacial score (nSPS) is 14.4. The standard InChI is InChI=1S/C22H25N5O2S/c1-22(2,3)21(29)26-18-14(6-4-9-23-18)12-27-10-8-16-15(13-27)20(28)25-19(24-16)17-7-5-11-30-17/h4-7,9,11H,8,10,12-13H2,1-3H3,(H,23,26,29)(H,24,25,28). The Hall–Kier alpha value is -2.84. The summed E-state index contributed by atoms with van der Waals surface area (Å²) in [6.07, 6.45) is 2.38. The highest BCUT2D eigenvalue weighted by molar-refractivity contribution is 7.13. The van der Waals surface area contributed by atoms with Gasteiger partial charge in [-0.25, -0.2) is 9.97 Å². The number of H-pyrrole nitrogens is 1. The Kier molecular flexibility index (Phi) is 5.53. The molecule has 0 saturated heterocycles. The number of hydrogen-bond acceptors (Lipinski definition) is 6. The average molecular weight is 424 g/mol. The lowest BCUT2D eigenvalue weighted by Crippen LogP contribution is -2.36. The molecule has 0 atom stereocenters. The van der Waals surface area contributed by atoms with Crippen molar-refractivity contribution in [1.29, 1.82) is 0 Å². The van der Waals surface area contributed by atoms with Gasteiger partial charge in [0.05, 0.1) is 16.1 Å². The third-order valence-corrected chi connectivity index (χ3v) is 5.98. The molecule has 3 aromatic rings. The first-order valence-corrected chi connectivity index (χ1v) is 10.8. The van der Waals surface area contributed by atoms with Crippen molar-refractivity contribution in [2.24, 2.45) is 5.41 Å². The van der Waals surface area contributed by atoms with E-state index in [9.17, 15) is 9.59 Å². The monoisotopic (exact) mass is 423 g/mol. The largest absolute Gasteiger partial charge is 0.310 e. The minimum Gasteiger partial charge on any atom is -0.310 e. The molecule has 156 valence electrons. The summed E-state index contributed by atoms with van der Waals surface area (Å²) in [6, 6.07) is 7.73. The Morgan fingerprint density at radius 2 is 2.13 bits per heavy atom. The van der Waals surface area contributed by atoms with Crippen LogP contribution >= 0.6 is 11.3 Å². The van der Waals surface area contributed by atoms with Crippen molar-refractivity contribution in [3.05, 3.63) is 63.0 Å². The fourth-order valence-electron chi connectivity index (χ4n) is 3.36. The maximum Gasteiger partial charge on any atom is 0.255 e. The van der Waals surface area contributed by atoms with E-state index >= 15 is 0 Å². The maximum absolute atomic E-state index is 12.7. The van der Waals surface area contributed by atoms with Crippen LogP contribution in [0.1, 0.15) is 37.6 Å². The van der Waals surface area contributed by atoms with Crippen LogP contribution < -0.4 is 10.9 Å². The highest BCUT2D eigenvalue weighted by atomic mass is 32.1. The summed E-state index contributed by atoms with van der Waals surface area (Å²) in [4.78, 5) is 40.3. The van der Waals surface area contributed by atoms with Gasteiger partial charge in [0, 0.05) is 43.2 Å². The van der Waals surface area contributed by atoms with Crippen LogP contribution in [0.4, 0.5) is 5.82 Å². The molecule has 0 aliphatic carbocycles. The number of amides is 1. The summed E-state index contributed by atoms with van der Waals surface area (Å²) < 4.78 is 0. The Bertz CT molecular complexity index is 1120. The molecule has 0 saturated carbocycles. The topological polar surface area (TPSA) is 91.0 Å². The summed E-state index contributed by atoms with van der Waals surface area (Å²) in [5, 5.41) is 4.91. The molecular weight excluding hydrogens is 398 g/mol. The molecule has 0 bridgehead atoms. The van der Waals surface area contributed by atoms with Crippen molar-refractivity contribution in [2.75, 3.05) is 11.9 Å².